The minimum Gasteiger partial charge on any atom is -0.326 e. The summed E-state index contributed by atoms with van der Waals surface area (Å²) in [7, 11) is -3.28. The van der Waals surface area contributed by atoms with Gasteiger partial charge in [0.2, 0.25) is 5.91 Å². The number of nitrogens with one attached hydrogen (secondary N) is 1. The lowest BCUT2D eigenvalue weighted by molar-refractivity contribution is -0.116. The summed E-state index contributed by atoms with van der Waals surface area (Å²) in [5.41, 5.74) is 1.49. The molecule has 6 heteroatoms. The molecule has 0 heterocycles. The van der Waals surface area contributed by atoms with Crippen LogP contribution in [0.2, 0.25) is 5.02 Å². The number of rotatable bonds is 5. The summed E-state index contributed by atoms with van der Waals surface area (Å²) in [4.78, 5) is 12.1. The normalized spacial score (nSPS) is 11.2. The number of benzene rings is 2. The maximum Gasteiger partial charge on any atom is 0.224 e. The van der Waals surface area contributed by atoms with Crippen molar-refractivity contribution in [3.05, 3.63) is 59.1 Å². The van der Waals surface area contributed by atoms with Crippen molar-refractivity contribution in [1.82, 2.24) is 0 Å². The number of sulfone groups is 1. The van der Waals surface area contributed by atoms with Crippen LogP contribution in [0.15, 0.2) is 53.4 Å². The molecule has 1 N–H and O–H groups in total. The van der Waals surface area contributed by atoms with Crippen molar-refractivity contribution in [2.75, 3.05) is 11.6 Å². The Labute approximate surface area is 135 Å². The van der Waals surface area contributed by atoms with Crippen LogP contribution in [0.3, 0.4) is 0 Å². The van der Waals surface area contributed by atoms with Gasteiger partial charge in [0.15, 0.2) is 9.84 Å². The Kier molecular flexibility index (Phi) is 5.21. The summed E-state index contributed by atoms with van der Waals surface area (Å²) in [6.45, 7) is 0. The van der Waals surface area contributed by atoms with E-state index in [-0.39, 0.29) is 10.8 Å². The quantitative estimate of drug-likeness (QED) is 0.910. The summed E-state index contributed by atoms with van der Waals surface area (Å²) in [6, 6.07) is 13.5. The fraction of sp³-hybridized carbons (Fsp3) is 0.188. The van der Waals surface area contributed by atoms with E-state index in [9.17, 15) is 13.2 Å². The molecule has 0 spiro atoms. The molecule has 0 aromatic heterocycles. The molecule has 1 amide bonds. The van der Waals surface area contributed by atoms with Crippen LogP contribution < -0.4 is 5.32 Å². The zero-order valence-electron chi connectivity index (χ0n) is 12.0. The Morgan fingerprint density at radius 2 is 1.82 bits per heavy atom. The predicted molar refractivity (Wildman–Crippen MR) is 88.0 cm³/mol. The number of hydrogen-bond donors (Lipinski definition) is 1. The smallest absolute Gasteiger partial charge is 0.224 e. The fourth-order valence-electron chi connectivity index (χ4n) is 1.94. The molecule has 0 fully saturated rings. The van der Waals surface area contributed by atoms with E-state index in [2.05, 4.69) is 5.32 Å². The van der Waals surface area contributed by atoms with Gasteiger partial charge in [-0.15, -0.1) is 0 Å². The van der Waals surface area contributed by atoms with Gasteiger partial charge in [-0.1, -0.05) is 29.8 Å². The van der Waals surface area contributed by atoms with E-state index in [1.165, 1.54) is 12.1 Å². The maximum absolute atomic E-state index is 11.9. The number of amides is 1. The van der Waals surface area contributed by atoms with E-state index < -0.39 is 9.84 Å². The lowest BCUT2D eigenvalue weighted by atomic mass is 10.1. The summed E-state index contributed by atoms with van der Waals surface area (Å²) in [5.74, 6) is -0.166. The monoisotopic (exact) mass is 337 g/mol. The first-order valence-electron chi connectivity index (χ1n) is 6.69. The summed E-state index contributed by atoms with van der Waals surface area (Å²) >= 11 is 5.80. The van der Waals surface area contributed by atoms with Crippen molar-refractivity contribution in [3.63, 3.8) is 0 Å². The molecule has 2 aromatic carbocycles. The van der Waals surface area contributed by atoms with E-state index in [0.717, 1.165) is 11.8 Å². The highest BCUT2D eigenvalue weighted by molar-refractivity contribution is 7.90. The minimum absolute atomic E-state index is 0.166. The third kappa shape index (κ3) is 4.86. The molecule has 0 aliphatic rings. The molecule has 2 aromatic rings. The summed E-state index contributed by atoms with van der Waals surface area (Å²) in [6.07, 6.45) is 2.04. The lowest BCUT2D eigenvalue weighted by Crippen LogP contribution is -2.12. The van der Waals surface area contributed by atoms with Crippen molar-refractivity contribution in [3.8, 4) is 0 Å². The average Bonchev–Trinajstić information content (AvgIpc) is 2.46. The minimum atomic E-state index is -3.28. The SMILES string of the molecule is CS(=O)(=O)c1cccc(NC(=O)CCc2ccc(Cl)cc2)c1. The molecule has 4 nitrogen and oxygen atoms in total. The highest BCUT2D eigenvalue weighted by Gasteiger charge is 2.09. The van der Waals surface area contributed by atoms with E-state index >= 15 is 0 Å². The van der Waals surface area contributed by atoms with Crippen LogP contribution in [0.1, 0.15) is 12.0 Å². The fourth-order valence-corrected chi connectivity index (χ4v) is 2.73. The van der Waals surface area contributed by atoms with Gasteiger partial charge in [0.05, 0.1) is 4.90 Å². The van der Waals surface area contributed by atoms with Crippen molar-refractivity contribution in [1.29, 1.82) is 0 Å². The number of hydrogen-bond acceptors (Lipinski definition) is 3. The van der Waals surface area contributed by atoms with Crippen LogP contribution >= 0.6 is 11.6 Å². The highest BCUT2D eigenvalue weighted by Crippen LogP contribution is 2.16. The largest absolute Gasteiger partial charge is 0.326 e. The third-order valence-corrected chi connectivity index (χ3v) is 4.46. The van der Waals surface area contributed by atoms with Gasteiger partial charge in [0, 0.05) is 23.4 Å². The Balaban J connectivity index is 1.96. The number of halogens is 1. The number of aryl methyl sites for hydroxylation is 1. The number of anilines is 1. The highest BCUT2D eigenvalue weighted by atomic mass is 35.5. The van der Waals surface area contributed by atoms with Gasteiger partial charge in [0.25, 0.3) is 0 Å². The predicted octanol–water partition coefficient (Wildman–Crippen LogP) is 3.31. The molecule has 116 valence electrons. The topological polar surface area (TPSA) is 63.2 Å². The van der Waals surface area contributed by atoms with Crippen LogP contribution in [0.4, 0.5) is 5.69 Å². The van der Waals surface area contributed by atoms with Gasteiger partial charge in [-0.2, -0.15) is 0 Å². The first kappa shape index (κ1) is 16.5. The van der Waals surface area contributed by atoms with Gasteiger partial charge in [0.1, 0.15) is 0 Å². The molecule has 0 saturated heterocycles. The average molecular weight is 338 g/mol. The number of carbonyl (C=O) groups is 1. The van der Waals surface area contributed by atoms with Gasteiger partial charge in [-0.05, 0) is 42.3 Å². The second kappa shape index (κ2) is 6.94. The molecule has 22 heavy (non-hydrogen) atoms. The first-order chi connectivity index (χ1) is 10.3. The van der Waals surface area contributed by atoms with E-state index in [4.69, 9.17) is 11.6 Å². The molecule has 0 bridgehead atoms. The van der Waals surface area contributed by atoms with Crippen LogP contribution in [0.25, 0.3) is 0 Å². The van der Waals surface area contributed by atoms with Crippen molar-refractivity contribution in [2.24, 2.45) is 0 Å². The lowest BCUT2D eigenvalue weighted by Gasteiger charge is -2.07. The molecule has 2 rings (SSSR count). The van der Waals surface area contributed by atoms with Crippen LogP contribution in [0, 0.1) is 0 Å². The molecular weight excluding hydrogens is 322 g/mol. The van der Waals surface area contributed by atoms with E-state index in [0.29, 0.717) is 23.6 Å². The molecular formula is C16H16ClNO3S. The Morgan fingerprint density at radius 3 is 2.45 bits per heavy atom. The Morgan fingerprint density at radius 1 is 1.14 bits per heavy atom. The molecule has 0 aliphatic heterocycles. The molecule has 0 saturated carbocycles. The molecule has 0 aliphatic carbocycles. The van der Waals surface area contributed by atoms with Gasteiger partial charge in [-0.3, -0.25) is 4.79 Å². The molecule has 0 radical (unpaired) electrons. The van der Waals surface area contributed by atoms with Crippen LogP contribution in [-0.4, -0.2) is 20.6 Å². The maximum atomic E-state index is 11.9. The molecule has 0 unspecified atom stereocenters. The Hall–Kier alpha value is -1.85. The summed E-state index contributed by atoms with van der Waals surface area (Å²) < 4.78 is 23.0. The van der Waals surface area contributed by atoms with Gasteiger partial charge in [-0.25, -0.2) is 8.42 Å². The zero-order chi connectivity index (χ0) is 16.2. The molecule has 0 atom stereocenters. The van der Waals surface area contributed by atoms with E-state index in [1.807, 2.05) is 12.1 Å². The Bertz CT molecular complexity index is 770. The van der Waals surface area contributed by atoms with Crippen molar-refractivity contribution < 1.29 is 13.2 Å². The standard InChI is InChI=1S/C16H16ClNO3S/c1-22(20,21)15-4-2-3-14(11-15)18-16(19)10-7-12-5-8-13(17)9-6-12/h2-6,8-9,11H,7,10H2,1H3,(H,18,19). The third-order valence-electron chi connectivity index (χ3n) is 3.10. The van der Waals surface area contributed by atoms with Crippen LogP contribution in [-0.2, 0) is 21.1 Å². The van der Waals surface area contributed by atoms with Gasteiger partial charge < -0.3 is 5.32 Å². The second-order valence-electron chi connectivity index (χ2n) is 4.97. The number of carbonyl (C=O) groups excluding carboxylic acids is 1. The zero-order valence-corrected chi connectivity index (χ0v) is 13.6. The second-order valence-corrected chi connectivity index (χ2v) is 7.43. The van der Waals surface area contributed by atoms with Gasteiger partial charge >= 0.3 is 0 Å². The van der Waals surface area contributed by atoms with Crippen molar-refractivity contribution in [2.45, 2.75) is 17.7 Å². The first-order valence-corrected chi connectivity index (χ1v) is 8.96. The van der Waals surface area contributed by atoms with Crippen molar-refractivity contribution >= 4 is 33.0 Å². The summed E-state index contributed by atoms with van der Waals surface area (Å²) in [5, 5.41) is 3.36. The van der Waals surface area contributed by atoms with Crippen LogP contribution in [0.5, 0.6) is 0 Å². The van der Waals surface area contributed by atoms with E-state index in [1.54, 1.807) is 24.3 Å².